The summed E-state index contributed by atoms with van der Waals surface area (Å²) in [6.07, 6.45) is 9.58. The molecule has 1 spiro atoms. The molecular weight excluding hydrogens is 350 g/mol. The molecule has 0 amide bonds. The van der Waals surface area contributed by atoms with Gasteiger partial charge in [0.1, 0.15) is 11.4 Å². The van der Waals surface area contributed by atoms with Crippen molar-refractivity contribution >= 4 is 0 Å². The van der Waals surface area contributed by atoms with Crippen LogP contribution in [0, 0.1) is 5.92 Å². The summed E-state index contributed by atoms with van der Waals surface area (Å²) in [6, 6.07) is 13.1. The number of fused-ring (bicyclic) bond motifs is 1. The van der Waals surface area contributed by atoms with E-state index in [2.05, 4.69) is 43.2 Å². The number of piperidine rings is 2. The molecule has 4 fully saturated rings. The molecule has 2 bridgehead atoms. The lowest BCUT2D eigenvalue weighted by Gasteiger charge is -2.51. The Kier molecular flexibility index (Phi) is 3.41. The normalized spacial score (nSPS) is 32.3. The molecule has 1 aromatic carbocycles. The van der Waals surface area contributed by atoms with E-state index in [1.54, 1.807) is 7.11 Å². The lowest BCUT2D eigenvalue weighted by atomic mass is 9.65. The van der Waals surface area contributed by atoms with Gasteiger partial charge < -0.3 is 4.74 Å². The molecule has 5 heterocycles. The van der Waals surface area contributed by atoms with E-state index in [-0.39, 0.29) is 0 Å². The highest BCUT2D eigenvalue weighted by molar-refractivity contribution is 5.59. The first-order valence-corrected chi connectivity index (χ1v) is 9.98. The second-order valence-electron chi connectivity index (χ2n) is 8.46. The van der Waals surface area contributed by atoms with E-state index in [9.17, 15) is 0 Å². The van der Waals surface area contributed by atoms with Crippen molar-refractivity contribution in [3.63, 3.8) is 0 Å². The van der Waals surface area contributed by atoms with E-state index in [1.165, 1.54) is 24.9 Å². The number of benzene rings is 1. The molecule has 7 rings (SSSR count). The lowest BCUT2D eigenvalue weighted by Crippen LogP contribution is -2.54. The Morgan fingerprint density at radius 1 is 1.21 bits per heavy atom. The molecule has 0 radical (unpaired) electrons. The Bertz CT molecular complexity index is 1010. The number of methoxy groups -OCH3 is 1. The number of pyridine rings is 1. The second kappa shape index (κ2) is 5.88. The van der Waals surface area contributed by atoms with Crippen molar-refractivity contribution in [3.05, 3.63) is 60.6 Å². The molecule has 3 atom stereocenters. The van der Waals surface area contributed by atoms with Crippen molar-refractivity contribution < 1.29 is 4.74 Å². The van der Waals surface area contributed by atoms with Crippen molar-refractivity contribution in [2.45, 2.75) is 36.9 Å². The highest BCUT2D eigenvalue weighted by atomic mass is 16.5. The number of aromatic nitrogens is 4. The van der Waals surface area contributed by atoms with Crippen LogP contribution in [0.2, 0.25) is 0 Å². The zero-order chi connectivity index (χ0) is 18.7. The Morgan fingerprint density at radius 2 is 2.14 bits per heavy atom. The molecule has 4 aliphatic rings. The fraction of sp³-hybridized carbons (Fsp3) is 0.409. The number of rotatable bonds is 5. The van der Waals surface area contributed by atoms with Crippen LogP contribution >= 0.6 is 0 Å². The maximum atomic E-state index is 5.36. The zero-order valence-electron chi connectivity index (χ0n) is 15.9. The maximum absolute atomic E-state index is 5.36. The van der Waals surface area contributed by atoms with Crippen LogP contribution in [0.15, 0.2) is 55.0 Å². The van der Waals surface area contributed by atoms with Crippen molar-refractivity contribution in [1.82, 2.24) is 24.9 Å². The maximum Gasteiger partial charge on any atom is 0.119 e. The van der Waals surface area contributed by atoms with Crippen molar-refractivity contribution in [3.8, 4) is 17.0 Å². The number of nitrogens with zero attached hydrogens (tertiary/aromatic N) is 5. The van der Waals surface area contributed by atoms with Gasteiger partial charge in [-0.25, -0.2) is 4.68 Å². The van der Waals surface area contributed by atoms with Crippen LogP contribution < -0.4 is 4.74 Å². The summed E-state index contributed by atoms with van der Waals surface area (Å²) in [6.45, 7) is 1.24. The quantitative estimate of drug-likeness (QED) is 0.644. The Hall–Kier alpha value is -2.73. The van der Waals surface area contributed by atoms with Gasteiger partial charge in [0.2, 0.25) is 0 Å². The highest BCUT2D eigenvalue weighted by Crippen LogP contribution is 2.64. The zero-order valence-corrected chi connectivity index (χ0v) is 15.9. The molecule has 3 aromatic rings. The van der Waals surface area contributed by atoms with E-state index in [0.29, 0.717) is 23.5 Å². The van der Waals surface area contributed by atoms with Gasteiger partial charge in [-0.3, -0.25) is 9.88 Å². The van der Waals surface area contributed by atoms with E-state index in [0.717, 1.165) is 23.4 Å². The number of hydrogen-bond donors (Lipinski definition) is 0. The molecule has 2 aromatic heterocycles. The number of hydrogen-bond acceptors (Lipinski definition) is 5. The Morgan fingerprint density at radius 3 is 2.96 bits per heavy atom. The van der Waals surface area contributed by atoms with Gasteiger partial charge in [0.15, 0.2) is 0 Å². The van der Waals surface area contributed by atoms with Gasteiger partial charge in [0.25, 0.3) is 0 Å². The second-order valence-corrected chi connectivity index (χ2v) is 8.46. The predicted molar refractivity (Wildman–Crippen MR) is 105 cm³/mol. The van der Waals surface area contributed by atoms with Gasteiger partial charge in [-0.2, -0.15) is 0 Å². The third kappa shape index (κ3) is 2.41. The summed E-state index contributed by atoms with van der Waals surface area (Å²) < 4.78 is 7.48. The summed E-state index contributed by atoms with van der Waals surface area (Å²) in [5.74, 6) is 1.53. The molecule has 6 nitrogen and oxygen atoms in total. The summed E-state index contributed by atoms with van der Waals surface area (Å²) in [5.41, 5.74) is 3.75. The van der Waals surface area contributed by atoms with Crippen molar-refractivity contribution in [2.75, 3.05) is 13.7 Å². The topological polar surface area (TPSA) is 55.8 Å². The molecule has 1 saturated carbocycles. The molecule has 3 aliphatic heterocycles. The minimum atomic E-state index is 0.372. The van der Waals surface area contributed by atoms with E-state index < -0.39 is 0 Å². The summed E-state index contributed by atoms with van der Waals surface area (Å²) in [5, 5.41) is 9.07. The predicted octanol–water partition coefficient (Wildman–Crippen LogP) is 2.98. The molecule has 6 heteroatoms. The Balaban J connectivity index is 1.32. The molecule has 3 unspecified atom stereocenters. The van der Waals surface area contributed by atoms with E-state index in [1.807, 2.05) is 36.7 Å². The minimum absolute atomic E-state index is 0.372. The van der Waals surface area contributed by atoms with E-state index in [4.69, 9.17) is 4.74 Å². The first-order chi connectivity index (χ1) is 13.8. The molecular formula is C22H23N5O. The molecule has 1 aliphatic carbocycles. The summed E-state index contributed by atoms with van der Waals surface area (Å²) in [4.78, 5) is 7.00. The third-order valence-corrected chi connectivity index (χ3v) is 6.88. The average Bonchev–Trinajstić information content (AvgIpc) is 3.32. The molecule has 3 saturated heterocycles. The highest BCUT2D eigenvalue weighted by Gasteiger charge is 2.70. The van der Waals surface area contributed by atoms with Gasteiger partial charge in [0, 0.05) is 36.1 Å². The standard InChI is InChI=1S/C22H23N5O/c1-28-18-6-2-5-16(9-18)19-13-27(25-24-19)21-17-10-22(11-17)14-26(22)20(21)8-15-4-3-7-23-12-15/h2-7,9,12-13,17,20-21H,8,10-11,14H2,1H3. The van der Waals surface area contributed by atoms with Crippen molar-refractivity contribution in [1.29, 1.82) is 0 Å². The Labute approximate surface area is 164 Å². The van der Waals surface area contributed by atoms with Crippen LogP contribution in [0.3, 0.4) is 0 Å². The van der Waals surface area contributed by atoms with Gasteiger partial charge in [-0.15, -0.1) is 5.10 Å². The molecule has 0 N–H and O–H groups in total. The van der Waals surface area contributed by atoms with Crippen LogP contribution in [0.1, 0.15) is 24.4 Å². The first-order valence-electron chi connectivity index (χ1n) is 9.98. The van der Waals surface area contributed by atoms with Crippen LogP contribution in [-0.4, -0.2) is 50.1 Å². The fourth-order valence-corrected chi connectivity index (χ4v) is 5.49. The third-order valence-electron chi connectivity index (χ3n) is 6.88. The van der Waals surface area contributed by atoms with Gasteiger partial charge >= 0.3 is 0 Å². The number of ether oxygens (including phenoxy) is 1. The average molecular weight is 373 g/mol. The largest absolute Gasteiger partial charge is 0.497 e. The SMILES string of the molecule is COc1cccc(-c2cn(C3C4CC5(C4)CN5C3Cc3cccnc3)nn2)c1. The van der Waals surface area contributed by atoms with Crippen LogP contribution in [-0.2, 0) is 6.42 Å². The van der Waals surface area contributed by atoms with E-state index >= 15 is 0 Å². The first kappa shape index (κ1) is 16.2. The minimum Gasteiger partial charge on any atom is -0.497 e. The van der Waals surface area contributed by atoms with Gasteiger partial charge in [-0.1, -0.05) is 23.4 Å². The van der Waals surface area contributed by atoms with Crippen LogP contribution in [0.25, 0.3) is 11.3 Å². The lowest BCUT2D eigenvalue weighted by molar-refractivity contribution is 0.00160. The van der Waals surface area contributed by atoms with Crippen LogP contribution in [0.5, 0.6) is 5.75 Å². The van der Waals surface area contributed by atoms with Crippen molar-refractivity contribution in [2.24, 2.45) is 5.92 Å². The molecule has 142 valence electrons. The van der Waals surface area contributed by atoms with Gasteiger partial charge in [0.05, 0.1) is 19.3 Å². The summed E-state index contributed by atoms with van der Waals surface area (Å²) in [7, 11) is 1.69. The smallest absolute Gasteiger partial charge is 0.119 e. The fourth-order valence-electron chi connectivity index (χ4n) is 5.49. The van der Waals surface area contributed by atoms with Gasteiger partial charge in [-0.05, 0) is 48.9 Å². The molecule has 28 heavy (non-hydrogen) atoms. The monoisotopic (exact) mass is 373 g/mol. The summed E-state index contributed by atoms with van der Waals surface area (Å²) >= 11 is 0. The van der Waals surface area contributed by atoms with Crippen LogP contribution in [0.4, 0.5) is 0 Å².